The fraction of sp³-hybridized carbons (Fsp3) is 0.467. The van der Waals surface area contributed by atoms with Crippen molar-refractivity contribution in [1.29, 1.82) is 0 Å². The summed E-state index contributed by atoms with van der Waals surface area (Å²) in [4.78, 5) is 23.3. The maximum Gasteiger partial charge on any atom is 0.309 e. The first kappa shape index (κ1) is 16.8. The second kappa shape index (κ2) is 6.97. The number of nitrogens with one attached hydrogen (secondary N) is 2. The Morgan fingerprint density at radius 1 is 1.05 bits per heavy atom. The van der Waals surface area contributed by atoms with Crippen molar-refractivity contribution in [1.82, 2.24) is 10.6 Å². The maximum atomic E-state index is 11.7. The second-order valence-electron chi connectivity index (χ2n) is 5.58. The summed E-state index contributed by atoms with van der Waals surface area (Å²) in [5.41, 5.74) is 0.363. The SMILES string of the molecule is COc1ccc(CNC(=O)C(=O)NC(C)(C)C)cc1OC. The number of carbonyl (C=O) groups excluding carboxylic acids is 2. The van der Waals surface area contributed by atoms with Crippen molar-refractivity contribution < 1.29 is 19.1 Å². The molecule has 2 N–H and O–H groups in total. The van der Waals surface area contributed by atoms with Crippen LogP contribution in [-0.2, 0) is 16.1 Å². The minimum absolute atomic E-state index is 0.233. The molecule has 6 nitrogen and oxygen atoms in total. The van der Waals surface area contributed by atoms with Crippen molar-refractivity contribution >= 4 is 11.8 Å². The molecule has 2 amide bonds. The molecule has 0 aliphatic heterocycles. The lowest BCUT2D eigenvalue weighted by Crippen LogP contribution is -2.48. The summed E-state index contributed by atoms with van der Waals surface area (Å²) in [5, 5.41) is 5.16. The van der Waals surface area contributed by atoms with E-state index < -0.39 is 17.4 Å². The van der Waals surface area contributed by atoms with Crippen molar-refractivity contribution in [2.24, 2.45) is 0 Å². The van der Waals surface area contributed by atoms with E-state index in [0.29, 0.717) is 11.5 Å². The van der Waals surface area contributed by atoms with Crippen LogP contribution in [0.1, 0.15) is 26.3 Å². The third kappa shape index (κ3) is 5.33. The van der Waals surface area contributed by atoms with E-state index in [-0.39, 0.29) is 6.54 Å². The van der Waals surface area contributed by atoms with Gasteiger partial charge in [-0.3, -0.25) is 9.59 Å². The molecule has 0 spiro atoms. The fourth-order valence-electron chi connectivity index (χ4n) is 1.65. The Hall–Kier alpha value is -2.24. The molecule has 0 aliphatic carbocycles. The molecule has 0 bridgehead atoms. The number of ether oxygens (including phenoxy) is 2. The zero-order valence-corrected chi connectivity index (χ0v) is 13.1. The third-order valence-electron chi connectivity index (χ3n) is 2.60. The molecule has 0 unspecified atom stereocenters. The van der Waals surface area contributed by atoms with Crippen LogP contribution in [-0.4, -0.2) is 31.6 Å². The Morgan fingerprint density at radius 2 is 1.67 bits per heavy atom. The van der Waals surface area contributed by atoms with Crippen molar-refractivity contribution in [3.63, 3.8) is 0 Å². The molecule has 0 aliphatic rings. The summed E-state index contributed by atoms with van der Waals surface area (Å²) in [6.45, 7) is 5.67. The smallest absolute Gasteiger partial charge is 0.309 e. The largest absolute Gasteiger partial charge is 0.493 e. The first-order chi connectivity index (χ1) is 9.76. The lowest BCUT2D eigenvalue weighted by atomic mass is 10.1. The molecular formula is C15H22N2O4. The number of carbonyl (C=O) groups is 2. The van der Waals surface area contributed by atoms with E-state index in [1.807, 2.05) is 20.8 Å². The normalized spacial score (nSPS) is 10.7. The van der Waals surface area contributed by atoms with Gasteiger partial charge >= 0.3 is 11.8 Å². The van der Waals surface area contributed by atoms with Gasteiger partial charge in [0.15, 0.2) is 11.5 Å². The number of methoxy groups -OCH3 is 2. The molecule has 116 valence electrons. The van der Waals surface area contributed by atoms with Crippen molar-refractivity contribution in [3.05, 3.63) is 23.8 Å². The van der Waals surface area contributed by atoms with Gasteiger partial charge in [0.1, 0.15) is 0 Å². The van der Waals surface area contributed by atoms with Crippen LogP contribution >= 0.6 is 0 Å². The molecule has 0 radical (unpaired) electrons. The van der Waals surface area contributed by atoms with Crippen molar-refractivity contribution in [2.45, 2.75) is 32.9 Å². The van der Waals surface area contributed by atoms with Gasteiger partial charge in [0, 0.05) is 12.1 Å². The van der Waals surface area contributed by atoms with Gasteiger partial charge in [0.05, 0.1) is 14.2 Å². The van der Waals surface area contributed by atoms with Gasteiger partial charge in [-0.1, -0.05) is 6.07 Å². The molecule has 1 aromatic rings. The number of benzene rings is 1. The number of hydrogen-bond donors (Lipinski definition) is 2. The molecule has 0 heterocycles. The van der Waals surface area contributed by atoms with Gasteiger partial charge in [0.2, 0.25) is 0 Å². The highest BCUT2D eigenvalue weighted by molar-refractivity contribution is 6.35. The average Bonchev–Trinajstić information content (AvgIpc) is 2.42. The van der Waals surface area contributed by atoms with E-state index in [2.05, 4.69) is 10.6 Å². The lowest BCUT2D eigenvalue weighted by Gasteiger charge is -2.19. The zero-order chi connectivity index (χ0) is 16.0. The standard InChI is InChI=1S/C15H22N2O4/c1-15(2,3)17-14(19)13(18)16-9-10-6-7-11(20-4)12(8-10)21-5/h6-8H,9H2,1-5H3,(H,16,18)(H,17,19). The van der Waals surface area contributed by atoms with Crippen LogP contribution in [0.25, 0.3) is 0 Å². The maximum absolute atomic E-state index is 11.7. The molecule has 0 fully saturated rings. The van der Waals surface area contributed by atoms with Crippen LogP contribution in [0.15, 0.2) is 18.2 Å². The number of hydrogen-bond acceptors (Lipinski definition) is 4. The van der Waals surface area contributed by atoms with E-state index in [4.69, 9.17) is 9.47 Å². The average molecular weight is 294 g/mol. The summed E-state index contributed by atoms with van der Waals surface area (Å²) in [6, 6.07) is 5.29. The summed E-state index contributed by atoms with van der Waals surface area (Å²) in [7, 11) is 3.09. The number of rotatable bonds is 4. The minimum Gasteiger partial charge on any atom is -0.493 e. The molecular weight excluding hydrogens is 272 g/mol. The first-order valence-corrected chi connectivity index (χ1v) is 6.58. The monoisotopic (exact) mass is 294 g/mol. The highest BCUT2D eigenvalue weighted by atomic mass is 16.5. The van der Waals surface area contributed by atoms with E-state index in [9.17, 15) is 9.59 Å². The summed E-state index contributed by atoms with van der Waals surface area (Å²) in [5.74, 6) is -0.135. The molecule has 1 aromatic carbocycles. The molecule has 0 atom stereocenters. The van der Waals surface area contributed by atoms with Gasteiger partial charge in [-0.25, -0.2) is 0 Å². The third-order valence-corrected chi connectivity index (χ3v) is 2.60. The van der Waals surface area contributed by atoms with E-state index >= 15 is 0 Å². The van der Waals surface area contributed by atoms with Crippen LogP contribution in [0.2, 0.25) is 0 Å². The lowest BCUT2D eigenvalue weighted by molar-refractivity contribution is -0.140. The summed E-state index contributed by atoms with van der Waals surface area (Å²) in [6.07, 6.45) is 0. The highest BCUT2D eigenvalue weighted by Gasteiger charge is 2.19. The quantitative estimate of drug-likeness (QED) is 0.819. The predicted octanol–water partition coefficient (Wildman–Crippen LogP) is 1.23. The van der Waals surface area contributed by atoms with Gasteiger partial charge in [-0.2, -0.15) is 0 Å². The Balaban J connectivity index is 2.63. The predicted molar refractivity (Wildman–Crippen MR) is 79.3 cm³/mol. The van der Waals surface area contributed by atoms with Crippen LogP contribution in [0, 0.1) is 0 Å². The number of amides is 2. The summed E-state index contributed by atoms with van der Waals surface area (Å²) < 4.78 is 10.3. The van der Waals surface area contributed by atoms with Gasteiger partial charge in [-0.05, 0) is 38.5 Å². The Bertz CT molecular complexity index is 521. The van der Waals surface area contributed by atoms with Crippen LogP contribution in [0.4, 0.5) is 0 Å². The molecule has 0 saturated heterocycles. The van der Waals surface area contributed by atoms with Crippen LogP contribution in [0.5, 0.6) is 11.5 Å². The van der Waals surface area contributed by atoms with Gasteiger partial charge in [0.25, 0.3) is 0 Å². The minimum atomic E-state index is -0.667. The highest BCUT2D eigenvalue weighted by Crippen LogP contribution is 2.27. The van der Waals surface area contributed by atoms with Gasteiger partial charge in [-0.15, -0.1) is 0 Å². The Labute approximate surface area is 124 Å². The van der Waals surface area contributed by atoms with Gasteiger partial charge < -0.3 is 20.1 Å². The fourth-order valence-corrected chi connectivity index (χ4v) is 1.65. The molecule has 21 heavy (non-hydrogen) atoms. The van der Waals surface area contributed by atoms with Crippen molar-refractivity contribution in [2.75, 3.05) is 14.2 Å². The summed E-state index contributed by atoms with van der Waals surface area (Å²) >= 11 is 0. The zero-order valence-electron chi connectivity index (χ0n) is 13.1. The molecule has 0 saturated carbocycles. The van der Waals surface area contributed by atoms with E-state index in [0.717, 1.165) is 5.56 Å². The van der Waals surface area contributed by atoms with Crippen molar-refractivity contribution in [3.8, 4) is 11.5 Å². The molecule has 6 heteroatoms. The Morgan fingerprint density at radius 3 is 2.19 bits per heavy atom. The van der Waals surface area contributed by atoms with Crippen LogP contribution < -0.4 is 20.1 Å². The first-order valence-electron chi connectivity index (χ1n) is 6.58. The van der Waals surface area contributed by atoms with E-state index in [1.165, 1.54) is 7.11 Å². The topological polar surface area (TPSA) is 76.7 Å². The molecule has 1 rings (SSSR count). The van der Waals surface area contributed by atoms with E-state index in [1.54, 1.807) is 25.3 Å². The Kier molecular flexibility index (Phi) is 5.58. The van der Waals surface area contributed by atoms with Crippen LogP contribution in [0.3, 0.4) is 0 Å². The second-order valence-corrected chi connectivity index (χ2v) is 5.58. The molecule has 0 aromatic heterocycles.